The summed E-state index contributed by atoms with van der Waals surface area (Å²) >= 11 is 1.50. The van der Waals surface area contributed by atoms with Crippen molar-refractivity contribution in [1.29, 1.82) is 0 Å². The number of nitrogen functional groups attached to an aromatic ring is 1. The van der Waals surface area contributed by atoms with Crippen LogP contribution in [0.25, 0.3) is 0 Å². The van der Waals surface area contributed by atoms with Gasteiger partial charge in [-0.1, -0.05) is 5.10 Å². The average Bonchev–Trinajstić information content (AvgIpc) is 1.85. The fourth-order valence-corrected chi connectivity index (χ4v) is 1.14. The minimum absolute atomic E-state index is 0.752. The van der Waals surface area contributed by atoms with E-state index in [0.29, 0.717) is 0 Å². The molecule has 1 aromatic rings. The summed E-state index contributed by atoms with van der Waals surface area (Å²) in [7, 11) is 1.83. The molecule has 1 aromatic heterocycles. The van der Waals surface area contributed by atoms with Crippen LogP contribution in [0.3, 0.4) is 0 Å². The van der Waals surface area contributed by atoms with E-state index < -0.39 is 0 Å². The zero-order valence-electron chi connectivity index (χ0n) is 4.88. The van der Waals surface area contributed by atoms with Gasteiger partial charge in [0.05, 0.1) is 0 Å². The summed E-state index contributed by atoms with van der Waals surface area (Å²) in [5.74, 6) is 0. The number of rotatable bonds is 0. The highest BCUT2D eigenvalue weighted by atomic mass is 32.1. The van der Waals surface area contributed by atoms with E-state index in [9.17, 15) is 0 Å². The molecule has 3 nitrogen and oxygen atoms in total. The van der Waals surface area contributed by atoms with Crippen LogP contribution in [0.2, 0.25) is 0 Å². The minimum atomic E-state index is 0.752. The number of aromatic nitrogens is 2. The van der Waals surface area contributed by atoms with Crippen LogP contribution in [0.15, 0.2) is 0 Å². The first-order valence-electron chi connectivity index (χ1n) is 2.29. The Hall–Kier alpha value is -0.640. The van der Waals surface area contributed by atoms with Gasteiger partial charge in [0.2, 0.25) is 0 Å². The van der Waals surface area contributed by atoms with E-state index >= 15 is 0 Å². The highest BCUT2D eigenvalue weighted by Crippen LogP contribution is 2.05. The number of nitrogens with two attached hydrogens (primary N) is 1. The van der Waals surface area contributed by atoms with Crippen molar-refractivity contribution in [2.45, 2.75) is 6.92 Å². The molecule has 0 spiro atoms. The smallest absolute Gasteiger partial charge is 0.276 e. The maximum atomic E-state index is 5.46. The monoisotopic (exact) mass is 130 g/mol. The summed E-state index contributed by atoms with van der Waals surface area (Å²) in [5.41, 5.74) is 5.46. The van der Waals surface area contributed by atoms with Crippen LogP contribution >= 0.6 is 11.3 Å². The Balaban J connectivity index is 3.14. The quantitative estimate of drug-likeness (QED) is 0.497. The first-order valence-corrected chi connectivity index (χ1v) is 3.11. The maximum Gasteiger partial charge on any atom is 0.353 e. The molecule has 0 aliphatic rings. The molecule has 0 unspecified atom stereocenters. The third kappa shape index (κ3) is 0.790. The van der Waals surface area contributed by atoms with E-state index in [1.54, 1.807) is 4.68 Å². The molecule has 0 aromatic carbocycles. The second-order valence-electron chi connectivity index (χ2n) is 1.58. The SMILES string of the molecule is Cc1n[n+](C)c(N)s1. The Labute approximate surface area is 51.8 Å². The van der Waals surface area contributed by atoms with Crippen molar-refractivity contribution < 1.29 is 4.68 Å². The van der Waals surface area contributed by atoms with Crippen molar-refractivity contribution in [1.82, 2.24) is 5.10 Å². The lowest BCUT2D eigenvalue weighted by Gasteiger charge is -1.74. The maximum absolute atomic E-state index is 5.46. The number of hydrogen-bond donors (Lipinski definition) is 1. The first kappa shape index (κ1) is 5.50. The van der Waals surface area contributed by atoms with Crippen molar-refractivity contribution in [3.63, 3.8) is 0 Å². The van der Waals surface area contributed by atoms with Crippen LogP contribution in [0.1, 0.15) is 5.01 Å². The third-order valence-electron chi connectivity index (χ3n) is 0.862. The van der Waals surface area contributed by atoms with E-state index in [4.69, 9.17) is 5.73 Å². The van der Waals surface area contributed by atoms with E-state index in [-0.39, 0.29) is 0 Å². The van der Waals surface area contributed by atoms with Gasteiger partial charge in [-0.25, -0.2) is 0 Å². The zero-order chi connectivity index (χ0) is 6.15. The fraction of sp³-hybridized carbons (Fsp3) is 0.500. The van der Waals surface area contributed by atoms with Crippen LogP contribution in [0.5, 0.6) is 0 Å². The number of anilines is 1. The molecule has 0 fully saturated rings. The third-order valence-corrected chi connectivity index (χ3v) is 1.71. The van der Waals surface area contributed by atoms with E-state index in [1.807, 2.05) is 14.0 Å². The summed E-state index contributed by atoms with van der Waals surface area (Å²) in [5, 5.41) is 5.78. The molecule has 2 N–H and O–H groups in total. The Morgan fingerprint density at radius 2 is 2.38 bits per heavy atom. The van der Waals surface area contributed by atoms with Gasteiger partial charge in [-0.2, -0.15) is 0 Å². The van der Waals surface area contributed by atoms with Gasteiger partial charge < -0.3 is 0 Å². The largest absolute Gasteiger partial charge is 0.353 e. The molecule has 0 aliphatic heterocycles. The number of aryl methyl sites for hydroxylation is 2. The first-order chi connectivity index (χ1) is 3.70. The van der Waals surface area contributed by atoms with Crippen LogP contribution in [0.4, 0.5) is 5.13 Å². The van der Waals surface area contributed by atoms with Crippen molar-refractivity contribution >= 4 is 16.5 Å². The van der Waals surface area contributed by atoms with Crippen LogP contribution < -0.4 is 10.4 Å². The van der Waals surface area contributed by atoms with Gasteiger partial charge in [0.25, 0.3) is 0 Å². The van der Waals surface area contributed by atoms with Crippen LogP contribution in [0, 0.1) is 6.92 Å². The van der Waals surface area contributed by atoms with Crippen molar-refractivity contribution in [2.24, 2.45) is 7.05 Å². The Morgan fingerprint density at radius 3 is 2.50 bits per heavy atom. The molecule has 0 amide bonds. The summed E-state index contributed by atoms with van der Waals surface area (Å²) in [6.07, 6.45) is 0. The average molecular weight is 130 g/mol. The molecule has 0 aliphatic carbocycles. The van der Waals surface area contributed by atoms with Gasteiger partial charge in [0, 0.05) is 0 Å². The topological polar surface area (TPSA) is 42.8 Å². The Bertz CT molecular complexity index is 174. The molecule has 4 heteroatoms. The molecule has 1 rings (SSSR count). The van der Waals surface area contributed by atoms with Crippen molar-refractivity contribution in [3.05, 3.63) is 5.01 Å². The highest BCUT2D eigenvalue weighted by Gasteiger charge is 2.03. The van der Waals surface area contributed by atoms with Crippen LogP contribution in [-0.4, -0.2) is 5.10 Å². The molecule has 0 saturated carbocycles. The molecular weight excluding hydrogens is 122 g/mol. The molecule has 8 heavy (non-hydrogen) atoms. The van der Waals surface area contributed by atoms with Gasteiger partial charge in [0.15, 0.2) is 0 Å². The molecule has 1 heterocycles. The molecule has 0 radical (unpaired) electrons. The van der Waals surface area contributed by atoms with Crippen LogP contribution in [-0.2, 0) is 7.05 Å². The summed E-state index contributed by atoms with van der Waals surface area (Å²) in [4.78, 5) is 0. The summed E-state index contributed by atoms with van der Waals surface area (Å²) in [6, 6.07) is 0. The van der Waals surface area contributed by atoms with Crippen molar-refractivity contribution in [3.8, 4) is 0 Å². The van der Waals surface area contributed by atoms with Gasteiger partial charge >= 0.3 is 5.13 Å². The Kier molecular flexibility index (Phi) is 1.17. The number of hydrogen-bond acceptors (Lipinski definition) is 3. The second kappa shape index (κ2) is 1.70. The minimum Gasteiger partial charge on any atom is -0.276 e. The van der Waals surface area contributed by atoms with E-state index in [1.165, 1.54) is 11.3 Å². The lowest BCUT2D eigenvalue weighted by atomic mass is 10.9. The molecule has 44 valence electrons. The lowest BCUT2D eigenvalue weighted by Crippen LogP contribution is -2.32. The predicted octanol–water partition coefficient (Wildman–Crippen LogP) is -0.142. The molecule has 0 bridgehead atoms. The standard InChI is InChI=1S/C4H7N3S/c1-3-6-7(2)4(5)8-3/h5H,1-2H3/p+1. The fourth-order valence-electron chi connectivity index (χ4n) is 0.498. The second-order valence-corrected chi connectivity index (χ2v) is 2.80. The zero-order valence-corrected chi connectivity index (χ0v) is 5.70. The van der Waals surface area contributed by atoms with Gasteiger partial charge in [-0.15, -0.1) is 4.68 Å². The molecule has 0 saturated heterocycles. The highest BCUT2D eigenvalue weighted by molar-refractivity contribution is 7.14. The normalized spacial score (nSPS) is 9.75. The molecule has 0 atom stereocenters. The lowest BCUT2D eigenvalue weighted by molar-refractivity contribution is -0.712. The predicted molar refractivity (Wildman–Crippen MR) is 32.4 cm³/mol. The van der Waals surface area contributed by atoms with Gasteiger partial charge in [-0.05, 0) is 18.3 Å². The van der Waals surface area contributed by atoms with Crippen molar-refractivity contribution in [2.75, 3.05) is 5.73 Å². The van der Waals surface area contributed by atoms with E-state index in [0.717, 1.165) is 10.1 Å². The number of nitrogens with zero attached hydrogens (tertiary/aromatic N) is 2. The van der Waals surface area contributed by atoms with Gasteiger partial charge in [-0.3, -0.25) is 5.73 Å². The van der Waals surface area contributed by atoms with Gasteiger partial charge in [0.1, 0.15) is 12.1 Å². The summed E-state index contributed by atoms with van der Waals surface area (Å²) in [6.45, 7) is 1.93. The van der Waals surface area contributed by atoms with E-state index in [2.05, 4.69) is 5.10 Å². The summed E-state index contributed by atoms with van der Waals surface area (Å²) < 4.78 is 1.67. The molecular formula is C4H8N3S+. The Morgan fingerprint density at radius 1 is 1.75 bits per heavy atom.